The summed E-state index contributed by atoms with van der Waals surface area (Å²) in [7, 11) is 4.09. The Morgan fingerprint density at radius 2 is 1.94 bits per heavy atom. The van der Waals surface area contributed by atoms with Gasteiger partial charge >= 0.3 is 0 Å². The van der Waals surface area contributed by atoms with Crippen LogP contribution < -0.4 is 10.2 Å². The number of nitrogens with zero attached hydrogens (tertiary/aromatic N) is 7. The highest BCUT2D eigenvalue weighted by Crippen LogP contribution is 2.21. The van der Waals surface area contributed by atoms with Gasteiger partial charge in [-0.25, -0.2) is 9.37 Å². The number of hydrogen-bond donors (Lipinski definition) is 1. The van der Waals surface area contributed by atoms with E-state index in [-0.39, 0.29) is 18.3 Å². The average Bonchev–Trinajstić information content (AvgIpc) is 2.82. The van der Waals surface area contributed by atoms with Crippen LogP contribution >= 0.6 is 0 Å². The molecule has 2 aromatic heterocycles. The van der Waals surface area contributed by atoms with E-state index in [2.05, 4.69) is 47.5 Å². The van der Waals surface area contributed by atoms with E-state index in [1.54, 1.807) is 6.20 Å². The monoisotopic (exact) mass is 450 g/mol. The Morgan fingerprint density at radius 3 is 2.70 bits per heavy atom. The highest BCUT2D eigenvalue weighted by atomic mass is 19.1. The summed E-state index contributed by atoms with van der Waals surface area (Å²) < 4.78 is 19.4. The maximum atomic E-state index is 14.1. The van der Waals surface area contributed by atoms with E-state index in [4.69, 9.17) is 4.74 Å². The Kier molecular flexibility index (Phi) is 7.48. The van der Waals surface area contributed by atoms with E-state index >= 15 is 0 Å². The lowest BCUT2D eigenvalue weighted by Gasteiger charge is -2.27. The first-order chi connectivity index (χ1) is 16.1. The number of nitrogens with one attached hydrogen (secondary N) is 1. The SMILES string of the molecule is CN(C)Cc1cccc(Nc2ccc(CN=Nc3ncc(F)c(N4CCOCC4)n3)nc2)c1. The highest BCUT2D eigenvalue weighted by molar-refractivity contribution is 5.59. The number of rotatable bonds is 8. The van der Waals surface area contributed by atoms with Crippen molar-refractivity contribution in [3.05, 3.63) is 65.9 Å². The molecule has 0 bridgehead atoms. The van der Waals surface area contributed by atoms with Gasteiger partial charge in [0.05, 0.1) is 37.0 Å². The number of aromatic nitrogens is 3. The largest absolute Gasteiger partial charge is 0.378 e. The summed E-state index contributed by atoms with van der Waals surface area (Å²) in [6.07, 6.45) is 2.88. The number of hydrogen-bond acceptors (Lipinski definition) is 9. The summed E-state index contributed by atoms with van der Waals surface area (Å²) in [5.41, 5.74) is 3.87. The summed E-state index contributed by atoms with van der Waals surface area (Å²) in [6.45, 7) is 3.38. The number of benzene rings is 1. The summed E-state index contributed by atoms with van der Waals surface area (Å²) in [4.78, 5) is 16.5. The van der Waals surface area contributed by atoms with Gasteiger partial charge in [0.15, 0.2) is 11.6 Å². The van der Waals surface area contributed by atoms with Crippen molar-refractivity contribution in [2.24, 2.45) is 10.2 Å². The van der Waals surface area contributed by atoms with Crippen LogP contribution in [0.5, 0.6) is 0 Å². The van der Waals surface area contributed by atoms with Gasteiger partial charge in [0, 0.05) is 25.3 Å². The van der Waals surface area contributed by atoms with Crippen molar-refractivity contribution in [2.75, 3.05) is 50.6 Å². The second kappa shape index (κ2) is 10.9. The number of morpholine rings is 1. The van der Waals surface area contributed by atoms with Crippen LogP contribution in [-0.4, -0.2) is 60.3 Å². The number of ether oxygens (including phenoxy) is 1. The Bertz CT molecular complexity index is 1080. The van der Waals surface area contributed by atoms with Crippen molar-refractivity contribution >= 4 is 23.1 Å². The minimum atomic E-state index is -0.479. The second-order valence-corrected chi connectivity index (χ2v) is 7.94. The van der Waals surface area contributed by atoms with Gasteiger partial charge in [-0.2, -0.15) is 10.1 Å². The normalized spacial score (nSPS) is 14.2. The fourth-order valence-electron chi connectivity index (χ4n) is 3.44. The van der Waals surface area contributed by atoms with E-state index < -0.39 is 5.82 Å². The predicted octanol–water partition coefficient (Wildman–Crippen LogP) is 3.94. The molecule has 0 saturated carbocycles. The summed E-state index contributed by atoms with van der Waals surface area (Å²) in [5, 5.41) is 11.5. The average molecular weight is 451 g/mol. The molecule has 0 unspecified atom stereocenters. The molecule has 1 fully saturated rings. The highest BCUT2D eigenvalue weighted by Gasteiger charge is 2.17. The predicted molar refractivity (Wildman–Crippen MR) is 125 cm³/mol. The van der Waals surface area contributed by atoms with Gasteiger partial charge in [-0.3, -0.25) is 4.98 Å². The van der Waals surface area contributed by atoms with Gasteiger partial charge in [0.25, 0.3) is 5.95 Å². The molecule has 1 saturated heterocycles. The van der Waals surface area contributed by atoms with Crippen LogP contribution in [-0.2, 0) is 17.8 Å². The van der Waals surface area contributed by atoms with Crippen LogP contribution in [0.3, 0.4) is 0 Å². The van der Waals surface area contributed by atoms with Gasteiger partial charge < -0.3 is 19.9 Å². The second-order valence-electron chi connectivity index (χ2n) is 7.94. The van der Waals surface area contributed by atoms with E-state index in [1.165, 1.54) is 5.56 Å². The molecule has 3 heterocycles. The molecule has 3 aromatic rings. The van der Waals surface area contributed by atoms with Crippen LogP contribution in [0, 0.1) is 5.82 Å². The zero-order chi connectivity index (χ0) is 23.0. The maximum absolute atomic E-state index is 14.1. The smallest absolute Gasteiger partial charge is 0.270 e. The van der Waals surface area contributed by atoms with Crippen LogP contribution in [0.25, 0.3) is 0 Å². The zero-order valence-electron chi connectivity index (χ0n) is 18.8. The molecule has 0 radical (unpaired) electrons. The quantitative estimate of drug-likeness (QED) is 0.520. The minimum absolute atomic E-state index is 0.119. The number of pyridine rings is 1. The van der Waals surface area contributed by atoms with Crippen LogP contribution in [0.4, 0.5) is 27.5 Å². The van der Waals surface area contributed by atoms with Crippen LogP contribution in [0.1, 0.15) is 11.3 Å². The molecule has 0 spiro atoms. The maximum Gasteiger partial charge on any atom is 0.270 e. The van der Waals surface area contributed by atoms with Gasteiger partial charge in [-0.05, 0) is 43.9 Å². The number of halogens is 1. The van der Waals surface area contributed by atoms with E-state index in [0.29, 0.717) is 26.3 Å². The van der Waals surface area contributed by atoms with Gasteiger partial charge in [0.2, 0.25) is 0 Å². The van der Waals surface area contributed by atoms with E-state index in [1.807, 2.05) is 43.3 Å². The van der Waals surface area contributed by atoms with Crippen molar-refractivity contribution in [2.45, 2.75) is 13.1 Å². The molecule has 1 aliphatic heterocycles. The molecule has 1 aliphatic rings. The molecule has 1 aromatic carbocycles. The molecule has 0 atom stereocenters. The first-order valence-corrected chi connectivity index (χ1v) is 10.8. The topological polar surface area (TPSA) is 91.1 Å². The van der Waals surface area contributed by atoms with Crippen molar-refractivity contribution in [1.29, 1.82) is 0 Å². The number of anilines is 3. The lowest BCUT2D eigenvalue weighted by atomic mass is 10.2. The molecular weight excluding hydrogens is 423 g/mol. The molecule has 10 heteroatoms. The molecule has 4 rings (SSSR count). The zero-order valence-corrected chi connectivity index (χ0v) is 18.8. The Hall–Kier alpha value is -3.50. The Balaban J connectivity index is 1.35. The minimum Gasteiger partial charge on any atom is -0.378 e. The Morgan fingerprint density at radius 1 is 1.09 bits per heavy atom. The fraction of sp³-hybridized carbons (Fsp3) is 0.348. The third kappa shape index (κ3) is 6.50. The van der Waals surface area contributed by atoms with E-state index in [0.717, 1.165) is 29.8 Å². The van der Waals surface area contributed by atoms with Crippen molar-refractivity contribution < 1.29 is 9.13 Å². The lowest BCUT2D eigenvalue weighted by molar-refractivity contribution is 0.122. The van der Waals surface area contributed by atoms with Crippen LogP contribution in [0.15, 0.2) is 59.0 Å². The molecule has 9 nitrogen and oxygen atoms in total. The number of azo groups is 1. The van der Waals surface area contributed by atoms with E-state index in [9.17, 15) is 4.39 Å². The summed E-state index contributed by atoms with van der Waals surface area (Å²) >= 11 is 0. The molecule has 0 amide bonds. The summed E-state index contributed by atoms with van der Waals surface area (Å²) in [6, 6.07) is 12.1. The fourth-order valence-corrected chi connectivity index (χ4v) is 3.44. The third-order valence-corrected chi connectivity index (χ3v) is 4.96. The van der Waals surface area contributed by atoms with Crippen molar-refractivity contribution in [3.8, 4) is 0 Å². The van der Waals surface area contributed by atoms with Crippen molar-refractivity contribution in [3.63, 3.8) is 0 Å². The molecule has 0 aliphatic carbocycles. The standard InChI is InChI=1S/C23H27FN8O/c1-31(2)16-17-4-3-5-18(12-17)28-20-7-6-19(25-13-20)14-27-30-23-26-15-21(24)22(29-23)32-8-10-33-11-9-32/h3-7,12-13,15,28H,8-11,14,16H2,1-2H3. The van der Waals surface area contributed by atoms with Gasteiger partial charge in [-0.1, -0.05) is 12.1 Å². The van der Waals surface area contributed by atoms with Gasteiger partial charge in [-0.15, -0.1) is 5.11 Å². The first kappa shape index (κ1) is 22.7. The molecule has 172 valence electrons. The summed E-state index contributed by atoms with van der Waals surface area (Å²) in [5.74, 6) is -0.132. The van der Waals surface area contributed by atoms with Crippen LogP contribution in [0.2, 0.25) is 0 Å². The lowest BCUT2D eigenvalue weighted by Crippen LogP contribution is -2.37. The molecule has 1 N–H and O–H groups in total. The first-order valence-electron chi connectivity index (χ1n) is 10.8. The Labute approximate surface area is 192 Å². The molecular formula is C23H27FN8O. The molecule has 33 heavy (non-hydrogen) atoms. The van der Waals surface area contributed by atoms with Gasteiger partial charge in [0.1, 0.15) is 6.54 Å². The third-order valence-electron chi connectivity index (χ3n) is 4.96. The van der Waals surface area contributed by atoms with Crippen molar-refractivity contribution in [1.82, 2.24) is 19.9 Å².